The van der Waals surface area contributed by atoms with E-state index in [2.05, 4.69) is 4.18 Å². The lowest BCUT2D eigenvalue weighted by atomic mass is 9.98. The number of benzene rings is 1. The van der Waals surface area contributed by atoms with E-state index in [1.165, 1.54) is 18.2 Å². The molecule has 22 heavy (non-hydrogen) atoms. The Hall–Kier alpha value is -2.01. The third-order valence-corrected chi connectivity index (χ3v) is 2.85. The lowest BCUT2D eigenvalue weighted by Gasteiger charge is -2.12. The third-order valence-electron chi connectivity index (χ3n) is 2.48. The van der Waals surface area contributed by atoms with Crippen molar-refractivity contribution in [2.45, 2.75) is 6.42 Å². The molecule has 0 radical (unpaired) electrons. The van der Waals surface area contributed by atoms with E-state index in [0.29, 0.717) is 0 Å². The second-order valence-corrected chi connectivity index (χ2v) is 4.99. The molecule has 0 heterocycles. The van der Waals surface area contributed by atoms with Gasteiger partial charge in [0.1, 0.15) is 6.61 Å². The first kappa shape index (κ1) is 18.0. The number of hydrogen-bond acceptors (Lipinski definition) is 8. The predicted molar refractivity (Wildman–Crippen MR) is 71.6 cm³/mol. The zero-order chi connectivity index (χ0) is 16.8. The van der Waals surface area contributed by atoms with E-state index in [-0.39, 0.29) is 29.7 Å². The number of ether oxygens (including phenoxy) is 1. The van der Waals surface area contributed by atoms with Gasteiger partial charge < -0.3 is 19.1 Å². The fourth-order valence-corrected chi connectivity index (χ4v) is 1.99. The van der Waals surface area contributed by atoms with Crippen LogP contribution in [0, 0.1) is 0 Å². The van der Waals surface area contributed by atoms with Gasteiger partial charge in [-0.3, -0.25) is 4.55 Å². The van der Waals surface area contributed by atoms with Gasteiger partial charge in [0.2, 0.25) is 0 Å². The van der Waals surface area contributed by atoms with Crippen LogP contribution in [-0.4, -0.2) is 54.9 Å². The van der Waals surface area contributed by atoms with Gasteiger partial charge in [-0.1, -0.05) is 6.07 Å². The van der Waals surface area contributed by atoms with E-state index in [0.717, 1.165) is 0 Å². The maximum Gasteiger partial charge on any atom is 0.449 e. The first-order chi connectivity index (χ1) is 10.3. The van der Waals surface area contributed by atoms with Crippen molar-refractivity contribution < 1.29 is 41.7 Å². The summed E-state index contributed by atoms with van der Waals surface area (Å²) in [5, 5.41) is 17.6. The molecule has 0 aromatic heterocycles. The van der Waals surface area contributed by atoms with Gasteiger partial charge in [-0.15, -0.1) is 0 Å². The fourth-order valence-electron chi connectivity index (χ4n) is 1.71. The van der Waals surface area contributed by atoms with Crippen LogP contribution in [0.1, 0.15) is 26.3 Å². The van der Waals surface area contributed by atoms with Crippen LogP contribution in [0.5, 0.6) is 0 Å². The van der Waals surface area contributed by atoms with Crippen LogP contribution in [0.25, 0.3) is 0 Å². The summed E-state index contributed by atoms with van der Waals surface area (Å²) in [6, 6.07) is 3.74. The van der Waals surface area contributed by atoms with Crippen molar-refractivity contribution in [2.75, 3.05) is 19.8 Å². The van der Waals surface area contributed by atoms with Crippen molar-refractivity contribution in [3.8, 4) is 0 Å². The Bertz CT molecular complexity index is 651. The summed E-state index contributed by atoms with van der Waals surface area (Å²) in [4.78, 5) is 23.5. The first-order valence-corrected chi connectivity index (χ1v) is 7.38. The molecule has 1 aromatic carbocycles. The molecule has 9 nitrogen and oxygen atoms in total. The second-order valence-electron chi connectivity index (χ2n) is 3.96. The van der Waals surface area contributed by atoms with Crippen molar-refractivity contribution >= 4 is 22.3 Å². The number of aliphatic hydroxyl groups is 2. The molecule has 0 saturated heterocycles. The highest BCUT2D eigenvalue weighted by molar-refractivity contribution is 7.81. The van der Waals surface area contributed by atoms with Gasteiger partial charge in [0, 0.05) is 6.61 Å². The molecule has 1 aromatic rings. The highest BCUT2D eigenvalue weighted by atomic mass is 32.3. The quantitative estimate of drug-likeness (QED) is 0.436. The largest absolute Gasteiger partial charge is 0.460 e. The van der Waals surface area contributed by atoms with Crippen LogP contribution >= 0.6 is 0 Å². The topological polar surface area (TPSA) is 147 Å². The van der Waals surface area contributed by atoms with Crippen molar-refractivity contribution in [1.29, 1.82) is 0 Å². The van der Waals surface area contributed by atoms with Gasteiger partial charge >= 0.3 is 22.3 Å². The molecule has 0 amide bonds. The normalized spacial score (nSPS) is 11.0. The SMILES string of the molecule is O=C(OCCO)c1cccc(C(=O)OS(=O)(=O)O)c1CCO. The van der Waals surface area contributed by atoms with Crippen molar-refractivity contribution in [3.63, 3.8) is 0 Å². The average Bonchev–Trinajstić information content (AvgIpc) is 2.43. The van der Waals surface area contributed by atoms with Crippen molar-refractivity contribution in [2.24, 2.45) is 0 Å². The van der Waals surface area contributed by atoms with Gasteiger partial charge in [0.15, 0.2) is 0 Å². The Kier molecular flexibility index (Phi) is 6.43. The van der Waals surface area contributed by atoms with Crippen LogP contribution in [0.3, 0.4) is 0 Å². The molecule has 0 fully saturated rings. The Morgan fingerprint density at radius 2 is 1.64 bits per heavy atom. The summed E-state index contributed by atoms with van der Waals surface area (Å²) in [6.07, 6.45) is -0.152. The molecular formula is C12H14O9S. The first-order valence-electron chi connectivity index (χ1n) is 6.02. The minimum atomic E-state index is -5.01. The van der Waals surface area contributed by atoms with Gasteiger partial charge in [-0.2, -0.15) is 8.42 Å². The lowest BCUT2D eigenvalue weighted by molar-refractivity contribution is 0.0432. The van der Waals surface area contributed by atoms with Crippen molar-refractivity contribution in [1.82, 2.24) is 0 Å². The van der Waals surface area contributed by atoms with Gasteiger partial charge in [-0.25, -0.2) is 9.59 Å². The number of hydrogen-bond donors (Lipinski definition) is 3. The van der Waals surface area contributed by atoms with Crippen molar-refractivity contribution in [3.05, 3.63) is 34.9 Å². The number of carbonyl (C=O) groups excluding carboxylic acids is 2. The van der Waals surface area contributed by atoms with E-state index >= 15 is 0 Å². The molecular weight excluding hydrogens is 320 g/mol. The molecule has 0 aliphatic carbocycles. The van der Waals surface area contributed by atoms with Gasteiger partial charge in [0.05, 0.1) is 17.7 Å². The molecule has 0 spiro atoms. The van der Waals surface area contributed by atoms with E-state index in [1.54, 1.807) is 0 Å². The highest BCUT2D eigenvalue weighted by Crippen LogP contribution is 2.19. The molecule has 1 rings (SSSR count). The minimum Gasteiger partial charge on any atom is -0.460 e. The number of aliphatic hydroxyl groups excluding tert-OH is 2. The molecule has 122 valence electrons. The van der Waals surface area contributed by atoms with Gasteiger partial charge in [-0.05, 0) is 24.1 Å². The maximum atomic E-state index is 11.8. The smallest absolute Gasteiger partial charge is 0.449 e. The summed E-state index contributed by atoms with van der Waals surface area (Å²) in [5.41, 5.74) is -0.404. The number of esters is 1. The summed E-state index contributed by atoms with van der Waals surface area (Å²) in [7, 11) is -5.01. The maximum absolute atomic E-state index is 11.8. The standard InChI is InChI=1S/C12H14O9S/c13-5-4-8-9(11(15)20-7-6-14)2-1-3-10(8)12(16)21-22(17,18)19/h1-3,13-14H,4-7H2,(H,17,18,19). The Balaban J connectivity index is 3.23. The molecule has 0 bridgehead atoms. The van der Waals surface area contributed by atoms with Gasteiger partial charge in [0.25, 0.3) is 0 Å². The van der Waals surface area contributed by atoms with Crippen LogP contribution in [0.4, 0.5) is 0 Å². The van der Waals surface area contributed by atoms with E-state index in [1.807, 2.05) is 0 Å². The summed E-state index contributed by atoms with van der Waals surface area (Å²) in [6.45, 7) is -1.10. The minimum absolute atomic E-state index is 0.00147. The van der Waals surface area contributed by atoms with Crippen LogP contribution in [0.15, 0.2) is 18.2 Å². The average molecular weight is 334 g/mol. The van der Waals surface area contributed by atoms with Crippen LogP contribution in [0.2, 0.25) is 0 Å². The highest BCUT2D eigenvalue weighted by Gasteiger charge is 2.23. The summed E-state index contributed by atoms with van der Waals surface area (Å²) < 4.78 is 38.3. The molecule has 0 atom stereocenters. The zero-order valence-electron chi connectivity index (χ0n) is 11.3. The molecule has 0 aliphatic rings. The predicted octanol–water partition coefficient (Wildman–Crippen LogP) is -0.670. The Labute approximate surface area is 126 Å². The monoisotopic (exact) mass is 334 g/mol. The molecule has 10 heteroatoms. The second kappa shape index (κ2) is 7.84. The number of rotatable bonds is 7. The lowest BCUT2D eigenvalue weighted by Crippen LogP contribution is -2.18. The number of carbonyl (C=O) groups is 2. The summed E-state index contributed by atoms with van der Waals surface area (Å²) in [5.74, 6) is -2.26. The molecule has 3 N–H and O–H groups in total. The zero-order valence-corrected chi connectivity index (χ0v) is 12.1. The third kappa shape index (κ3) is 5.07. The molecule has 0 unspecified atom stereocenters. The fraction of sp³-hybridized carbons (Fsp3) is 0.333. The van der Waals surface area contributed by atoms with E-state index < -0.39 is 35.6 Å². The van der Waals surface area contributed by atoms with E-state index in [9.17, 15) is 18.0 Å². The Morgan fingerprint density at radius 3 is 2.14 bits per heavy atom. The molecule has 0 saturated carbocycles. The van der Waals surface area contributed by atoms with Crippen LogP contribution < -0.4 is 0 Å². The summed E-state index contributed by atoms with van der Waals surface area (Å²) >= 11 is 0. The van der Waals surface area contributed by atoms with E-state index in [4.69, 9.17) is 19.5 Å². The Morgan fingerprint density at radius 1 is 1.05 bits per heavy atom. The van der Waals surface area contributed by atoms with Crippen LogP contribution in [-0.2, 0) is 25.7 Å². The molecule has 0 aliphatic heterocycles.